The Kier molecular flexibility index (Phi) is 5.33. The number of amides is 1. The van der Waals surface area contributed by atoms with E-state index >= 15 is 0 Å². The summed E-state index contributed by atoms with van der Waals surface area (Å²) in [6.45, 7) is 0. The van der Waals surface area contributed by atoms with E-state index in [9.17, 15) is 9.59 Å². The van der Waals surface area contributed by atoms with Crippen molar-refractivity contribution in [3.8, 4) is 5.75 Å². The van der Waals surface area contributed by atoms with E-state index in [4.69, 9.17) is 9.47 Å². The lowest BCUT2D eigenvalue weighted by Crippen LogP contribution is -2.31. The Labute approximate surface area is 147 Å². The van der Waals surface area contributed by atoms with E-state index in [1.807, 2.05) is 18.2 Å². The van der Waals surface area contributed by atoms with Crippen LogP contribution >= 0.6 is 0 Å². The van der Waals surface area contributed by atoms with Gasteiger partial charge < -0.3 is 14.8 Å². The van der Waals surface area contributed by atoms with Crippen molar-refractivity contribution in [2.24, 2.45) is 5.92 Å². The molecule has 3 rings (SSSR count). The number of hydrogen-bond acceptors (Lipinski definition) is 4. The van der Waals surface area contributed by atoms with Crippen molar-refractivity contribution in [1.82, 2.24) is 0 Å². The van der Waals surface area contributed by atoms with Gasteiger partial charge in [0.2, 0.25) is 6.10 Å². The van der Waals surface area contributed by atoms with Crippen LogP contribution in [0.5, 0.6) is 5.75 Å². The Morgan fingerprint density at radius 1 is 1.08 bits per heavy atom. The number of carbonyl (C=O) groups is 2. The molecule has 1 aliphatic rings. The maximum Gasteiger partial charge on any atom is 0.310 e. The van der Waals surface area contributed by atoms with Gasteiger partial charge in [-0.25, -0.2) is 0 Å². The van der Waals surface area contributed by atoms with Gasteiger partial charge in [-0.05, 0) is 25.0 Å². The van der Waals surface area contributed by atoms with Gasteiger partial charge in [0.05, 0.1) is 13.0 Å². The minimum Gasteiger partial charge on any atom is -0.497 e. The molecule has 1 fully saturated rings. The summed E-state index contributed by atoms with van der Waals surface area (Å²) in [5.74, 6) is -0.135. The number of anilines is 1. The van der Waals surface area contributed by atoms with Crippen molar-refractivity contribution in [3.63, 3.8) is 0 Å². The summed E-state index contributed by atoms with van der Waals surface area (Å²) in [6.07, 6.45) is 1.72. The molecular formula is C20H21NO4. The maximum absolute atomic E-state index is 12.7. The van der Waals surface area contributed by atoms with Crippen molar-refractivity contribution in [2.75, 3.05) is 12.4 Å². The molecule has 1 aliphatic carbocycles. The van der Waals surface area contributed by atoms with Crippen LogP contribution in [0.15, 0.2) is 54.6 Å². The first-order valence-electron chi connectivity index (χ1n) is 8.38. The van der Waals surface area contributed by atoms with E-state index in [2.05, 4.69) is 5.32 Å². The summed E-state index contributed by atoms with van der Waals surface area (Å²) in [7, 11) is 1.56. The van der Waals surface area contributed by atoms with E-state index in [1.54, 1.807) is 43.5 Å². The highest BCUT2D eigenvalue weighted by atomic mass is 16.5. The topological polar surface area (TPSA) is 64.6 Å². The van der Waals surface area contributed by atoms with Gasteiger partial charge in [-0.1, -0.05) is 42.8 Å². The molecule has 1 amide bonds. The SMILES string of the molecule is COc1cccc(NC(=O)[C@H](OC(=O)C2CCC2)c2ccccc2)c1. The summed E-state index contributed by atoms with van der Waals surface area (Å²) in [5, 5.41) is 2.80. The van der Waals surface area contributed by atoms with E-state index < -0.39 is 6.10 Å². The van der Waals surface area contributed by atoms with Crippen LogP contribution in [0.4, 0.5) is 5.69 Å². The van der Waals surface area contributed by atoms with Crippen LogP contribution in [0.3, 0.4) is 0 Å². The molecule has 0 aromatic heterocycles. The van der Waals surface area contributed by atoms with E-state index in [1.165, 1.54) is 0 Å². The van der Waals surface area contributed by atoms with Gasteiger partial charge in [0.25, 0.3) is 5.91 Å². The number of carbonyl (C=O) groups excluding carboxylic acids is 2. The monoisotopic (exact) mass is 339 g/mol. The van der Waals surface area contributed by atoms with Gasteiger partial charge in [0.15, 0.2) is 0 Å². The molecular weight excluding hydrogens is 318 g/mol. The van der Waals surface area contributed by atoms with Crippen LogP contribution < -0.4 is 10.1 Å². The van der Waals surface area contributed by atoms with Gasteiger partial charge in [0.1, 0.15) is 5.75 Å². The van der Waals surface area contributed by atoms with Crippen LogP contribution in [0.2, 0.25) is 0 Å². The molecule has 0 heterocycles. The van der Waals surface area contributed by atoms with Gasteiger partial charge in [-0.15, -0.1) is 0 Å². The van der Waals surface area contributed by atoms with Crippen molar-refractivity contribution in [3.05, 3.63) is 60.2 Å². The fraction of sp³-hybridized carbons (Fsp3) is 0.300. The summed E-state index contributed by atoms with van der Waals surface area (Å²) in [4.78, 5) is 25.0. The van der Waals surface area contributed by atoms with Crippen LogP contribution in [-0.4, -0.2) is 19.0 Å². The maximum atomic E-state index is 12.7. The molecule has 1 N–H and O–H groups in total. The quantitative estimate of drug-likeness (QED) is 0.815. The molecule has 0 radical (unpaired) electrons. The molecule has 5 nitrogen and oxygen atoms in total. The molecule has 0 bridgehead atoms. The summed E-state index contributed by atoms with van der Waals surface area (Å²) in [5.41, 5.74) is 1.24. The number of rotatable bonds is 6. The first-order valence-corrected chi connectivity index (χ1v) is 8.38. The average molecular weight is 339 g/mol. The number of methoxy groups -OCH3 is 1. The molecule has 0 saturated heterocycles. The van der Waals surface area contributed by atoms with Gasteiger partial charge in [0, 0.05) is 17.3 Å². The second-order valence-corrected chi connectivity index (χ2v) is 6.08. The number of nitrogens with one attached hydrogen (secondary N) is 1. The molecule has 2 aromatic carbocycles. The highest BCUT2D eigenvalue weighted by molar-refractivity contribution is 5.96. The minimum atomic E-state index is -0.972. The predicted octanol–water partition coefficient (Wildman–Crippen LogP) is 3.72. The molecule has 0 aliphatic heterocycles. The number of benzene rings is 2. The normalized spacial score (nSPS) is 14.9. The molecule has 2 aromatic rings. The molecule has 130 valence electrons. The predicted molar refractivity (Wildman–Crippen MR) is 94.2 cm³/mol. The highest BCUT2D eigenvalue weighted by Gasteiger charge is 2.32. The van der Waals surface area contributed by atoms with E-state index in [0.29, 0.717) is 17.0 Å². The fourth-order valence-electron chi connectivity index (χ4n) is 2.67. The Morgan fingerprint density at radius 3 is 2.48 bits per heavy atom. The lowest BCUT2D eigenvalue weighted by atomic mass is 9.85. The molecule has 5 heteroatoms. The fourth-order valence-corrected chi connectivity index (χ4v) is 2.67. The van der Waals surface area contributed by atoms with Crippen molar-refractivity contribution in [1.29, 1.82) is 0 Å². The molecule has 1 saturated carbocycles. The van der Waals surface area contributed by atoms with Gasteiger partial charge >= 0.3 is 5.97 Å². The second-order valence-electron chi connectivity index (χ2n) is 6.08. The molecule has 25 heavy (non-hydrogen) atoms. The van der Waals surface area contributed by atoms with E-state index in [0.717, 1.165) is 19.3 Å². The zero-order chi connectivity index (χ0) is 17.6. The first kappa shape index (κ1) is 17.0. The van der Waals surface area contributed by atoms with Crippen LogP contribution in [-0.2, 0) is 14.3 Å². The Bertz CT molecular complexity index is 740. The molecule has 0 spiro atoms. The number of esters is 1. The third kappa shape index (κ3) is 4.18. The average Bonchev–Trinajstić information content (AvgIpc) is 2.59. The zero-order valence-corrected chi connectivity index (χ0v) is 14.1. The number of hydrogen-bond donors (Lipinski definition) is 1. The molecule has 0 unspecified atom stereocenters. The van der Waals surface area contributed by atoms with Crippen LogP contribution in [0.1, 0.15) is 30.9 Å². The van der Waals surface area contributed by atoms with Crippen LogP contribution in [0, 0.1) is 5.92 Å². The Morgan fingerprint density at radius 2 is 1.84 bits per heavy atom. The van der Waals surface area contributed by atoms with Crippen LogP contribution in [0.25, 0.3) is 0 Å². The van der Waals surface area contributed by atoms with Gasteiger partial charge in [-0.2, -0.15) is 0 Å². The zero-order valence-electron chi connectivity index (χ0n) is 14.1. The van der Waals surface area contributed by atoms with Crippen molar-refractivity contribution < 1.29 is 19.1 Å². The standard InChI is InChI=1S/C20H21NO4/c1-24-17-12-6-11-16(13-17)21-19(22)18(14-7-3-2-4-8-14)25-20(23)15-9-5-10-15/h2-4,6-8,11-13,15,18H,5,9-10H2,1H3,(H,21,22)/t18-/m1/s1. The summed E-state index contributed by atoms with van der Waals surface area (Å²) in [6, 6.07) is 16.1. The Hall–Kier alpha value is -2.82. The molecule has 1 atom stereocenters. The summed E-state index contributed by atoms with van der Waals surface area (Å²) >= 11 is 0. The lowest BCUT2D eigenvalue weighted by Gasteiger charge is -2.26. The Balaban J connectivity index is 1.77. The smallest absolute Gasteiger partial charge is 0.310 e. The first-order chi connectivity index (χ1) is 12.2. The third-order valence-electron chi connectivity index (χ3n) is 4.35. The van der Waals surface area contributed by atoms with Crippen molar-refractivity contribution >= 4 is 17.6 Å². The highest BCUT2D eigenvalue weighted by Crippen LogP contribution is 2.30. The minimum absolute atomic E-state index is 0.0872. The second kappa shape index (κ2) is 7.83. The lowest BCUT2D eigenvalue weighted by molar-refractivity contribution is -0.161. The third-order valence-corrected chi connectivity index (χ3v) is 4.35. The van der Waals surface area contributed by atoms with Gasteiger partial charge in [-0.3, -0.25) is 9.59 Å². The summed E-state index contributed by atoms with van der Waals surface area (Å²) < 4.78 is 10.7. The van der Waals surface area contributed by atoms with Crippen molar-refractivity contribution in [2.45, 2.75) is 25.4 Å². The largest absolute Gasteiger partial charge is 0.497 e. The number of ether oxygens (including phenoxy) is 2. The van der Waals surface area contributed by atoms with E-state index in [-0.39, 0.29) is 17.8 Å².